The van der Waals surface area contributed by atoms with Crippen LogP contribution in [-0.4, -0.2) is 0 Å². The van der Waals surface area contributed by atoms with Gasteiger partial charge in [0.15, 0.2) is 0 Å². The molecule has 0 amide bonds. The van der Waals surface area contributed by atoms with Gasteiger partial charge in [-0.2, -0.15) is 0 Å². The molecule has 0 saturated heterocycles. The quantitative estimate of drug-likeness (QED) is 0.590. The van der Waals surface area contributed by atoms with Crippen LogP contribution in [-0.2, 0) is 0 Å². The number of nitrogen functional groups attached to an aromatic ring is 1. The first-order valence-corrected chi connectivity index (χ1v) is 3.98. The van der Waals surface area contributed by atoms with Gasteiger partial charge < -0.3 is 5.73 Å². The van der Waals surface area contributed by atoms with Gasteiger partial charge in [-0.3, -0.25) is 0 Å². The number of anilines is 1. The molecule has 0 aliphatic rings. The summed E-state index contributed by atoms with van der Waals surface area (Å²) in [4.78, 5) is 0. The zero-order valence-electron chi connectivity index (χ0n) is 7.96. The SMILES string of the molecule is Cc1c(C)c(F)c(C)c(C)c1N. The highest BCUT2D eigenvalue weighted by Gasteiger charge is 2.11. The van der Waals surface area contributed by atoms with Crippen molar-refractivity contribution in [3.8, 4) is 0 Å². The molecule has 2 heteroatoms. The van der Waals surface area contributed by atoms with Crippen molar-refractivity contribution in [1.82, 2.24) is 0 Å². The fraction of sp³-hybridized carbons (Fsp3) is 0.400. The molecule has 0 radical (unpaired) electrons. The summed E-state index contributed by atoms with van der Waals surface area (Å²) in [6.07, 6.45) is 0. The molecule has 1 aromatic carbocycles. The minimum atomic E-state index is -0.126. The van der Waals surface area contributed by atoms with Gasteiger partial charge in [-0.1, -0.05) is 0 Å². The third kappa shape index (κ3) is 1.07. The van der Waals surface area contributed by atoms with E-state index in [1.54, 1.807) is 13.8 Å². The van der Waals surface area contributed by atoms with Gasteiger partial charge in [-0.15, -0.1) is 0 Å². The number of nitrogens with two attached hydrogens (primary N) is 1. The summed E-state index contributed by atoms with van der Waals surface area (Å²) in [5, 5.41) is 0. The second-order valence-electron chi connectivity index (χ2n) is 3.23. The maximum Gasteiger partial charge on any atom is 0.129 e. The third-order valence-corrected chi connectivity index (χ3v) is 2.59. The zero-order valence-corrected chi connectivity index (χ0v) is 7.96. The Hall–Kier alpha value is -1.05. The van der Waals surface area contributed by atoms with Crippen molar-refractivity contribution in [3.63, 3.8) is 0 Å². The van der Waals surface area contributed by atoms with Crippen molar-refractivity contribution in [3.05, 3.63) is 28.1 Å². The van der Waals surface area contributed by atoms with Gasteiger partial charge in [-0.25, -0.2) is 4.39 Å². The minimum absolute atomic E-state index is 0.126. The van der Waals surface area contributed by atoms with Gasteiger partial charge >= 0.3 is 0 Å². The summed E-state index contributed by atoms with van der Waals surface area (Å²) < 4.78 is 13.4. The molecular weight excluding hydrogens is 153 g/mol. The number of benzene rings is 1. The molecule has 66 valence electrons. The van der Waals surface area contributed by atoms with Crippen LogP contribution in [0.15, 0.2) is 0 Å². The molecule has 1 aromatic rings. The van der Waals surface area contributed by atoms with Crippen LogP contribution in [0, 0.1) is 33.5 Å². The van der Waals surface area contributed by atoms with Gasteiger partial charge in [0.1, 0.15) is 5.82 Å². The third-order valence-electron chi connectivity index (χ3n) is 2.59. The molecule has 0 unspecified atom stereocenters. The molecular formula is C10H14FN. The van der Waals surface area contributed by atoms with E-state index >= 15 is 0 Å². The monoisotopic (exact) mass is 167 g/mol. The van der Waals surface area contributed by atoms with Gasteiger partial charge in [0.25, 0.3) is 0 Å². The maximum atomic E-state index is 13.4. The average molecular weight is 167 g/mol. The predicted octanol–water partition coefficient (Wildman–Crippen LogP) is 2.64. The molecule has 12 heavy (non-hydrogen) atoms. The highest BCUT2D eigenvalue weighted by Crippen LogP contribution is 2.26. The Labute approximate surface area is 72.4 Å². The van der Waals surface area contributed by atoms with E-state index in [0.29, 0.717) is 16.8 Å². The lowest BCUT2D eigenvalue weighted by atomic mass is 9.98. The van der Waals surface area contributed by atoms with E-state index < -0.39 is 0 Å². The van der Waals surface area contributed by atoms with E-state index in [-0.39, 0.29) is 5.82 Å². The predicted molar refractivity (Wildman–Crippen MR) is 49.8 cm³/mol. The van der Waals surface area contributed by atoms with Crippen molar-refractivity contribution < 1.29 is 4.39 Å². The lowest BCUT2D eigenvalue weighted by Crippen LogP contribution is -2.02. The second-order valence-corrected chi connectivity index (χ2v) is 3.23. The van der Waals surface area contributed by atoms with E-state index in [4.69, 9.17) is 5.73 Å². The standard InChI is InChI=1S/C10H14FN/c1-5-7(3)10(12)8(4)6(2)9(5)11/h12H2,1-4H3. The van der Waals surface area contributed by atoms with Gasteiger partial charge in [0.2, 0.25) is 0 Å². The molecule has 0 aliphatic heterocycles. The lowest BCUT2D eigenvalue weighted by Gasteiger charge is -2.12. The first kappa shape index (κ1) is 9.04. The van der Waals surface area contributed by atoms with Crippen molar-refractivity contribution >= 4 is 5.69 Å². The van der Waals surface area contributed by atoms with Crippen molar-refractivity contribution in [1.29, 1.82) is 0 Å². The number of rotatable bonds is 0. The molecule has 0 bridgehead atoms. The summed E-state index contributed by atoms with van der Waals surface area (Å²) in [5.74, 6) is -0.126. The summed E-state index contributed by atoms with van der Waals surface area (Å²) in [5.41, 5.74) is 9.54. The van der Waals surface area contributed by atoms with Crippen molar-refractivity contribution in [2.24, 2.45) is 0 Å². The number of hydrogen-bond donors (Lipinski definition) is 1. The Morgan fingerprint density at radius 1 is 0.833 bits per heavy atom. The summed E-state index contributed by atoms with van der Waals surface area (Å²) >= 11 is 0. The summed E-state index contributed by atoms with van der Waals surface area (Å²) in [6, 6.07) is 0. The first-order chi connectivity index (χ1) is 5.46. The Balaban J connectivity index is 3.60. The second kappa shape index (κ2) is 2.77. The largest absolute Gasteiger partial charge is 0.398 e. The van der Waals surface area contributed by atoms with Crippen LogP contribution in [0.3, 0.4) is 0 Å². The molecule has 0 fully saturated rings. The molecule has 0 spiro atoms. The molecule has 0 aliphatic carbocycles. The molecule has 0 heterocycles. The van der Waals surface area contributed by atoms with Crippen LogP contribution in [0.25, 0.3) is 0 Å². The summed E-state index contributed by atoms with van der Waals surface area (Å²) in [7, 11) is 0. The van der Waals surface area contributed by atoms with Gasteiger partial charge in [0, 0.05) is 5.69 Å². The average Bonchev–Trinajstić information content (AvgIpc) is 2.08. The van der Waals surface area contributed by atoms with Crippen LogP contribution in [0.1, 0.15) is 22.3 Å². The summed E-state index contributed by atoms with van der Waals surface area (Å²) in [6.45, 7) is 7.21. The van der Waals surface area contributed by atoms with Gasteiger partial charge in [0.05, 0.1) is 0 Å². The van der Waals surface area contributed by atoms with E-state index in [9.17, 15) is 4.39 Å². The minimum Gasteiger partial charge on any atom is -0.398 e. The van der Waals surface area contributed by atoms with Crippen molar-refractivity contribution in [2.45, 2.75) is 27.7 Å². The Kier molecular flexibility index (Phi) is 2.09. The molecule has 1 rings (SSSR count). The Bertz CT molecular complexity index is 224. The van der Waals surface area contributed by atoms with Crippen LogP contribution in [0.4, 0.5) is 10.1 Å². The van der Waals surface area contributed by atoms with Crippen molar-refractivity contribution in [2.75, 3.05) is 5.73 Å². The van der Waals surface area contributed by atoms with E-state index in [0.717, 1.165) is 11.1 Å². The van der Waals surface area contributed by atoms with E-state index in [2.05, 4.69) is 0 Å². The lowest BCUT2D eigenvalue weighted by molar-refractivity contribution is 0.606. The fourth-order valence-corrected chi connectivity index (χ4v) is 1.30. The first-order valence-electron chi connectivity index (χ1n) is 3.98. The van der Waals surface area contributed by atoms with E-state index in [1.165, 1.54) is 0 Å². The number of hydrogen-bond acceptors (Lipinski definition) is 1. The molecule has 0 aromatic heterocycles. The van der Waals surface area contributed by atoms with Gasteiger partial charge in [-0.05, 0) is 49.9 Å². The fourth-order valence-electron chi connectivity index (χ4n) is 1.30. The molecule has 0 saturated carbocycles. The van der Waals surface area contributed by atoms with Crippen LogP contribution in [0.2, 0.25) is 0 Å². The Morgan fingerprint density at radius 3 is 1.50 bits per heavy atom. The van der Waals surface area contributed by atoms with Crippen LogP contribution < -0.4 is 5.73 Å². The molecule has 2 N–H and O–H groups in total. The van der Waals surface area contributed by atoms with Crippen LogP contribution >= 0.6 is 0 Å². The maximum absolute atomic E-state index is 13.4. The number of halogens is 1. The molecule has 1 nitrogen and oxygen atoms in total. The molecule has 0 atom stereocenters. The Morgan fingerprint density at radius 2 is 1.17 bits per heavy atom. The smallest absolute Gasteiger partial charge is 0.129 e. The normalized spacial score (nSPS) is 10.4. The topological polar surface area (TPSA) is 26.0 Å². The highest BCUT2D eigenvalue weighted by atomic mass is 19.1. The highest BCUT2D eigenvalue weighted by molar-refractivity contribution is 5.59. The zero-order chi connectivity index (χ0) is 9.46. The van der Waals surface area contributed by atoms with E-state index in [1.807, 2.05) is 13.8 Å². The van der Waals surface area contributed by atoms with Crippen LogP contribution in [0.5, 0.6) is 0 Å².